The highest BCUT2D eigenvalue weighted by Crippen LogP contribution is 1.96. The molecule has 0 aromatic heterocycles. The summed E-state index contributed by atoms with van der Waals surface area (Å²) in [5.41, 5.74) is 0. The lowest BCUT2D eigenvalue weighted by Gasteiger charge is -2.28. The molecule has 0 unspecified atom stereocenters. The van der Waals surface area contributed by atoms with Crippen LogP contribution in [0.25, 0.3) is 0 Å². The molecule has 0 radical (unpaired) electrons. The van der Waals surface area contributed by atoms with Crippen LogP contribution in [0.15, 0.2) is 12.7 Å². The molecule has 1 fully saturated rings. The maximum Gasteiger partial charge on any atom is 0.242 e. The summed E-state index contributed by atoms with van der Waals surface area (Å²) in [7, 11) is 1.71. The molecule has 92 valence electrons. The predicted molar refractivity (Wildman–Crippen MR) is 64.5 cm³/mol. The Morgan fingerprint density at radius 2 is 2.38 bits per heavy atom. The van der Waals surface area contributed by atoms with Crippen LogP contribution in [0, 0.1) is 0 Å². The summed E-state index contributed by atoms with van der Waals surface area (Å²) >= 11 is 0. The average Bonchev–Trinajstić information content (AvgIpc) is 2.21. The number of piperazine rings is 1. The minimum Gasteiger partial charge on any atom is -0.341 e. The number of nitrogens with one attached hydrogen (secondary N) is 1. The molecule has 5 nitrogen and oxygen atoms in total. The van der Waals surface area contributed by atoms with Gasteiger partial charge >= 0.3 is 0 Å². The minimum atomic E-state index is -0.0508. The summed E-state index contributed by atoms with van der Waals surface area (Å²) in [6.07, 6.45) is 1.66. The quantitative estimate of drug-likeness (QED) is 0.681. The van der Waals surface area contributed by atoms with E-state index in [0.717, 1.165) is 6.54 Å². The summed E-state index contributed by atoms with van der Waals surface area (Å²) in [6, 6.07) is 0. The van der Waals surface area contributed by atoms with Crippen LogP contribution in [0.2, 0.25) is 0 Å². The first-order valence-corrected chi connectivity index (χ1v) is 4.98. The standard InChI is InChI=1S/C10H17N3O2.ClH/c1-3-5-12(2)10(15)8-13-6-4-11-7-9(13)14;/h3,11H,1,4-8H2,2H3;1H. The van der Waals surface area contributed by atoms with Crippen molar-refractivity contribution in [3.8, 4) is 0 Å². The van der Waals surface area contributed by atoms with Crippen molar-refractivity contribution < 1.29 is 9.59 Å². The lowest BCUT2D eigenvalue weighted by Crippen LogP contribution is -2.51. The third-order valence-electron chi connectivity index (χ3n) is 2.34. The topological polar surface area (TPSA) is 52.7 Å². The molecule has 2 amide bonds. The SMILES string of the molecule is C=CCN(C)C(=O)CN1CCNCC1=O.Cl. The maximum atomic E-state index is 11.6. The molecule has 1 aliphatic rings. The molecule has 1 N–H and O–H groups in total. The first kappa shape index (κ1) is 14.9. The first-order chi connectivity index (χ1) is 7.15. The Labute approximate surface area is 102 Å². The Kier molecular flexibility index (Phi) is 6.76. The Balaban J connectivity index is 0.00000225. The first-order valence-electron chi connectivity index (χ1n) is 4.98. The Hall–Kier alpha value is -1.07. The highest BCUT2D eigenvalue weighted by Gasteiger charge is 2.21. The Bertz CT molecular complexity index is 271. The van der Waals surface area contributed by atoms with Gasteiger partial charge in [-0.05, 0) is 0 Å². The lowest BCUT2D eigenvalue weighted by molar-refractivity contribution is -0.140. The average molecular weight is 248 g/mol. The van der Waals surface area contributed by atoms with E-state index in [4.69, 9.17) is 0 Å². The van der Waals surface area contributed by atoms with Gasteiger partial charge in [-0.3, -0.25) is 9.59 Å². The zero-order valence-corrected chi connectivity index (χ0v) is 10.3. The molecule has 1 aliphatic heterocycles. The van der Waals surface area contributed by atoms with E-state index in [1.165, 1.54) is 0 Å². The van der Waals surface area contributed by atoms with Gasteiger partial charge < -0.3 is 15.1 Å². The molecule has 0 bridgehead atoms. The zero-order valence-electron chi connectivity index (χ0n) is 9.44. The number of nitrogens with zero attached hydrogens (tertiary/aromatic N) is 2. The zero-order chi connectivity index (χ0) is 11.3. The molecule has 16 heavy (non-hydrogen) atoms. The third-order valence-corrected chi connectivity index (χ3v) is 2.34. The van der Waals surface area contributed by atoms with E-state index in [0.29, 0.717) is 19.6 Å². The maximum absolute atomic E-state index is 11.6. The number of hydrogen-bond donors (Lipinski definition) is 1. The third kappa shape index (κ3) is 4.20. The number of amides is 2. The Morgan fingerprint density at radius 3 is 2.94 bits per heavy atom. The summed E-state index contributed by atoms with van der Waals surface area (Å²) in [6.45, 7) is 5.93. The van der Waals surface area contributed by atoms with Crippen LogP contribution < -0.4 is 5.32 Å². The van der Waals surface area contributed by atoms with Gasteiger partial charge in [0.2, 0.25) is 11.8 Å². The fourth-order valence-electron chi connectivity index (χ4n) is 1.39. The van der Waals surface area contributed by atoms with Crippen molar-refractivity contribution >= 4 is 24.2 Å². The van der Waals surface area contributed by atoms with E-state index < -0.39 is 0 Å². The summed E-state index contributed by atoms with van der Waals surface area (Å²) in [5.74, 6) is -0.0632. The molecule has 0 aliphatic carbocycles. The molecular weight excluding hydrogens is 230 g/mol. The summed E-state index contributed by atoms with van der Waals surface area (Å²) in [4.78, 5) is 26.1. The van der Waals surface area contributed by atoms with Crippen LogP contribution in [0.3, 0.4) is 0 Å². The monoisotopic (exact) mass is 247 g/mol. The van der Waals surface area contributed by atoms with Crippen LogP contribution >= 0.6 is 12.4 Å². The Morgan fingerprint density at radius 1 is 1.69 bits per heavy atom. The molecule has 0 aromatic rings. The highest BCUT2D eigenvalue weighted by molar-refractivity contribution is 5.86. The largest absolute Gasteiger partial charge is 0.341 e. The normalized spacial score (nSPS) is 15.3. The van der Waals surface area contributed by atoms with Gasteiger partial charge in [0, 0.05) is 26.7 Å². The van der Waals surface area contributed by atoms with Gasteiger partial charge in [-0.25, -0.2) is 0 Å². The van der Waals surface area contributed by atoms with Gasteiger partial charge in [0.1, 0.15) is 0 Å². The molecular formula is C10H18ClN3O2. The van der Waals surface area contributed by atoms with Gasteiger partial charge in [0.05, 0.1) is 13.1 Å². The lowest BCUT2D eigenvalue weighted by atomic mass is 10.3. The van der Waals surface area contributed by atoms with Crippen molar-refractivity contribution in [2.75, 3.05) is 39.8 Å². The van der Waals surface area contributed by atoms with E-state index in [-0.39, 0.29) is 30.8 Å². The molecule has 0 aromatic carbocycles. The molecule has 1 rings (SSSR count). The molecule has 1 saturated heterocycles. The van der Waals surface area contributed by atoms with Crippen LogP contribution in [-0.2, 0) is 9.59 Å². The van der Waals surface area contributed by atoms with Gasteiger partial charge in [0.15, 0.2) is 0 Å². The predicted octanol–water partition coefficient (Wildman–Crippen LogP) is -0.516. The van der Waals surface area contributed by atoms with Crippen molar-refractivity contribution in [3.63, 3.8) is 0 Å². The summed E-state index contributed by atoms with van der Waals surface area (Å²) in [5, 5.41) is 2.96. The number of halogens is 1. The number of likely N-dealkylation sites (N-methyl/N-ethyl adjacent to an activating group) is 1. The second kappa shape index (κ2) is 7.24. The van der Waals surface area contributed by atoms with E-state index in [9.17, 15) is 9.59 Å². The van der Waals surface area contributed by atoms with Crippen molar-refractivity contribution in [2.45, 2.75) is 0 Å². The highest BCUT2D eigenvalue weighted by atomic mass is 35.5. The molecule has 0 saturated carbocycles. The van der Waals surface area contributed by atoms with Crippen molar-refractivity contribution in [1.29, 1.82) is 0 Å². The smallest absolute Gasteiger partial charge is 0.242 e. The number of carbonyl (C=O) groups excluding carboxylic acids is 2. The van der Waals surface area contributed by atoms with Gasteiger partial charge in [-0.1, -0.05) is 6.08 Å². The molecule has 0 spiro atoms. The number of hydrogen-bond acceptors (Lipinski definition) is 3. The second-order valence-electron chi connectivity index (χ2n) is 3.56. The number of carbonyl (C=O) groups is 2. The van der Waals surface area contributed by atoms with Gasteiger partial charge in [-0.2, -0.15) is 0 Å². The van der Waals surface area contributed by atoms with Crippen LogP contribution in [-0.4, -0.2) is 61.4 Å². The van der Waals surface area contributed by atoms with Crippen molar-refractivity contribution in [2.24, 2.45) is 0 Å². The van der Waals surface area contributed by atoms with E-state index in [2.05, 4.69) is 11.9 Å². The van der Waals surface area contributed by atoms with E-state index in [1.54, 1.807) is 22.9 Å². The van der Waals surface area contributed by atoms with Crippen LogP contribution in [0.1, 0.15) is 0 Å². The van der Waals surface area contributed by atoms with Crippen LogP contribution in [0.5, 0.6) is 0 Å². The number of rotatable bonds is 4. The molecule has 1 heterocycles. The molecule has 6 heteroatoms. The second-order valence-corrected chi connectivity index (χ2v) is 3.56. The van der Waals surface area contributed by atoms with Gasteiger partial charge in [0.25, 0.3) is 0 Å². The van der Waals surface area contributed by atoms with Crippen molar-refractivity contribution in [3.05, 3.63) is 12.7 Å². The van der Waals surface area contributed by atoms with E-state index >= 15 is 0 Å². The minimum absolute atomic E-state index is 0. The van der Waals surface area contributed by atoms with Gasteiger partial charge in [-0.15, -0.1) is 19.0 Å². The summed E-state index contributed by atoms with van der Waals surface area (Å²) < 4.78 is 0. The van der Waals surface area contributed by atoms with Crippen molar-refractivity contribution in [1.82, 2.24) is 15.1 Å². The fraction of sp³-hybridized carbons (Fsp3) is 0.600. The van der Waals surface area contributed by atoms with Crippen LogP contribution in [0.4, 0.5) is 0 Å². The molecule has 0 atom stereocenters. The van der Waals surface area contributed by atoms with E-state index in [1.807, 2.05) is 0 Å². The fourth-order valence-corrected chi connectivity index (χ4v) is 1.39.